The van der Waals surface area contributed by atoms with Crippen molar-refractivity contribution in [3.8, 4) is 0 Å². The van der Waals surface area contributed by atoms with Gasteiger partial charge < -0.3 is 57.4 Å². The number of hydrogen-bond acceptors (Lipinski definition) is 15. The summed E-state index contributed by atoms with van der Waals surface area (Å²) in [5.74, 6) is 1.32. The number of nitrogens with one attached hydrogen (secondary N) is 2. The second-order valence-corrected chi connectivity index (χ2v) is 20.4. The van der Waals surface area contributed by atoms with Crippen LogP contribution in [0.1, 0.15) is 74.1 Å². The van der Waals surface area contributed by atoms with Gasteiger partial charge in [0.15, 0.2) is 0 Å². The number of nitrogens with zero attached hydrogens (tertiary/aromatic N) is 8. The van der Waals surface area contributed by atoms with E-state index in [0.29, 0.717) is 55.5 Å². The standard InChI is InChI=1S/C24H25BrN6O2.C23H24BrN7O2.CH4/c1-12-15-4-5-31(23(15)29-11-28-12)19-9-24(21(33)20(19)32)8-18(27-10-24)14-3-2-13-6-16(25)22(26)30-17(13)7-14;24-14-5-11-1-2-12(6-15(11)30-21(14)26)16-7-23(9-27-16)8-17(18(32)19(23)33)31-4-3-13-20(25)28-10-29-22(13)31;/h2-7,11,18-21,27,32-33H,8-10H2,1H3,(H2,26,30);1-6,10,16-19,27,32-33H,7-9H2,(H2,26,30)(H2,25,28,29);1H4/t18-,19-,20+,21+,24+;16-,17-,18+,19+,23+;/m11./s1. The maximum atomic E-state index is 11.2. The Morgan fingerprint density at radius 3 is 1.57 bits per heavy atom. The molecule has 348 valence electrons. The summed E-state index contributed by atoms with van der Waals surface area (Å²) in [6, 6.07) is 19.7. The zero-order valence-electron chi connectivity index (χ0n) is 35.8. The van der Waals surface area contributed by atoms with Crippen molar-refractivity contribution in [1.29, 1.82) is 0 Å². The highest BCUT2D eigenvalue weighted by Crippen LogP contribution is 2.54. The summed E-state index contributed by atoms with van der Waals surface area (Å²) in [4.78, 5) is 26.1. The molecule has 2 spiro atoms. The molecular formula is C48H53Br2N13O4. The molecule has 2 saturated carbocycles. The fourth-order valence-electron chi connectivity index (χ4n) is 11.4. The van der Waals surface area contributed by atoms with E-state index >= 15 is 0 Å². The number of fused-ring (bicyclic) bond motifs is 4. The number of nitrogens with two attached hydrogens (primary N) is 3. The fraction of sp³-hybridized carbons (Fsp3) is 0.375. The van der Waals surface area contributed by atoms with E-state index in [1.807, 2.05) is 70.9 Å². The van der Waals surface area contributed by atoms with Gasteiger partial charge in [0.1, 0.15) is 53.6 Å². The van der Waals surface area contributed by atoms with Crippen LogP contribution in [0.2, 0.25) is 0 Å². The summed E-state index contributed by atoms with van der Waals surface area (Å²) in [7, 11) is 0. The van der Waals surface area contributed by atoms with Crippen molar-refractivity contribution in [1.82, 2.24) is 49.7 Å². The molecule has 0 radical (unpaired) electrons. The molecule has 67 heavy (non-hydrogen) atoms. The molecule has 10 atom stereocenters. The lowest BCUT2D eigenvalue weighted by molar-refractivity contribution is -0.0218. The number of anilines is 3. The van der Waals surface area contributed by atoms with Crippen LogP contribution in [-0.4, -0.2) is 97.0 Å². The van der Waals surface area contributed by atoms with Crippen molar-refractivity contribution in [3.63, 3.8) is 0 Å². The summed E-state index contributed by atoms with van der Waals surface area (Å²) < 4.78 is 5.48. The normalized spacial score (nSPS) is 29.1. The molecule has 4 fully saturated rings. The first-order valence-corrected chi connectivity index (χ1v) is 23.6. The smallest absolute Gasteiger partial charge is 0.145 e. The van der Waals surface area contributed by atoms with Crippen LogP contribution < -0.4 is 27.8 Å². The van der Waals surface area contributed by atoms with Gasteiger partial charge in [-0.1, -0.05) is 31.7 Å². The maximum absolute atomic E-state index is 11.2. The zero-order valence-corrected chi connectivity index (χ0v) is 39.0. The number of aromatic nitrogens is 8. The Kier molecular flexibility index (Phi) is 11.5. The van der Waals surface area contributed by atoms with Gasteiger partial charge in [-0.3, -0.25) is 0 Å². The van der Waals surface area contributed by atoms with Crippen molar-refractivity contribution in [2.45, 2.75) is 88.6 Å². The Bertz CT molecular complexity index is 2990. The predicted molar refractivity (Wildman–Crippen MR) is 266 cm³/mol. The number of aryl methyl sites for hydroxylation is 1. The van der Waals surface area contributed by atoms with Gasteiger partial charge in [0.2, 0.25) is 0 Å². The largest absolute Gasteiger partial charge is 0.390 e. The van der Waals surface area contributed by atoms with E-state index in [-0.39, 0.29) is 31.6 Å². The minimum absolute atomic E-state index is 0. The van der Waals surface area contributed by atoms with Crippen LogP contribution in [0.15, 0.2) is 94.7 Å². The third-order valence-corrected chi connectivity index (χ3v) is 16.2. The molecule has 2 aliphatic heterocycles. The zero-order chi connectivity index (χ0) is 45.8. The third kappa shape index (κ3) is 7.50. The van der Waals surface area contributed by atoms with Gasteiger partial charge in [-0.15, -0.1) is 0 Å². The quantitative estimate of drug-likeness (QED) is 0.0986. The van der Waals surface area contributed by atoms with Crippen LogP contribution in [0, 0.1) is 17.8 Å². The molecule has 12 rings (SSSR count). The summed E-state index contributed by atoms with van der Waals surface area (Å²) in [5.41, 5.74) is 23.3. The third-order valence-electron chi connectivity index (χ3n) is 15.0. The van der Waals surface area contributed by atoms with Crippen LogP contribution in [0.3, 0.4) is 0 Å². The maximum Gasteiger partial charge on any atom is 0.145 e. The second kappa shape index (κ2) is 17.0. The highest BCUT2D eigenvalue weighted by atomic mass is 79.9. The average molecular weight is 1040 g/mol. The highest BCUT2D eigenvalue weighted by molar-refractivity contribution is 9.11. The van der Waals surface area contributed by atoms with Crippen LogP contribution >= 0.6 is 31.9 Å². The minimum Gasteiger partial charge on any atom is -0.390 e. The van der Waals surface area contributed by atoms with Gasteiger partial charge in [-0.25, -0.2) is 29.9 Å². The molecule has 0 unspecified atom stereocenters. The van der Waals surface area contributed by atoms with Crippen molar-refractivity contribution in [3.05, 3.63) is 111 Å². The lowest BCUT2D eigenvalue weighted by atomic mass is 9.80. The molecule has 2 aromatic carbocycles. The van der Waals surface area contributed by atoms with E-state index in [1.54, 1.807) is 6.33 Å². The summed E-state index contributed by atoms with van der Waals surface area (Å²) >= 11 is 6.86. The molecule has 2 aliphatic carbocycles. The number of pyridine rings is 2. The van der Waals surface area contributed by atoms with Gasteiger partial charge in [0, 0.05) is 64.6 Å². The number of rotatable bonds is 4. The molecule has 17 nitrogen and oxygen atoms in total. The van der Waals surface area contributed by atoms with E-state index in [1.165, 1.54) is 6.33 Å². The molecule has 4 aliphatic rings. The summed E-state index contributed by atoms with van der Waals surface area (Å²) in [6.45, 7) is 3.19. The monoisotopic (exact) mass is 1030 g/mol. The number of nitrogen functional groups attached to an aromatic ring is 3. The number of benzene rings is 2. The van der Waals surface area contributed by atoms with Gasteiger partial charge in [-0.2, -0.15) is 0 Å². The second-order valence-electron chi connectivity index (χ2n) is 18.7. The number of aliphatic hydroxyl groups is 4. The van der Waals surface area contributed by atoms with E-state index in [2.05, 4.69) is 90.6 Å². The number of hydrogen-bond donors (Lipinski definition) is 9. The SMILES string of the molecule is C.Cc1ncnc2c1ccn2[C@@H]1C[C@@]2(CN[C@@H](c3ccc4cc(Br)c(N)nc4c3)C2)[C@@H](O)[C@H]1O.Nc1nc2cc([C@H]3C[C@@]4(CN3)C[C@@H](n3ccc5c(N)ncnc53)[C@H](O)[C@@H]4O)ccc2cc1Br. The topological polar surface area (TPSA) is 270 Å². The van der Waals surface area contributed by atoms with Crippen LogP contribution in [-0.2, 0) is 0 Å². The highest BCUT2D eigenvalue weighted by Gasteiger charge is 2.58. The Morgan fingerprint density at radius 1 is 0.597 bits per heavy atom. The van der Waals surface area contributed by atoms with Gasteiger partial charge in [0.05, 0.1) is 55.4 Å². The molecule has 0 amide bonds. The molecule has 6 aromatic heterocycles. The summed E-state index contributed by atoms with van der Waals surface area (Å²) in [5, 5.41) is 55.3. The van der Waals surface area contributed by atoms with Crippen LogP contribution in [0.5, 0.6) is 0 Å². The first-order chi connectivity index (χ1) is 31.7. The Labute approximate surface area is 402 Å². The van der Waals surface area contributed by atoms with E-state index in [0.717, 1.165) is 70.4 Å². The van der Waals surface area contributed by atoms with Gasteiger partial charge in [0.25, 0.3) is 0 Å². The van der Waals surface area contributed by atoms with Crippen LogP contribution in [0.4, 0.5) is 17.5 Å². The molecule has 19 heteroatoms. The van der Waals surface area contributed by atoms with Crippen molar-refractivity contribution >= 4 is 93.2 Å². The Balaban J connectivity index is 0.000000154. The first-order valence-electron chi connectivity index (χ1n) is 22.0. The Hall–Kier alpha value is -5.38. The lowest BCUT2D eigenvalue weighted by Crippen LogP contribution is -2.38. The Morgan fingerprint density at radius 2 is 1.06 bits per heavy atom. The van der Waals surface area contributed by atoms with E-state index in [4.69, 9.17) is 17.2 Å². The number of halogens is 2. The van der Waals surface area contributed by atoms with E-state index < -0.39 is 35.2 Å². The van der Waals surface area contributed by atoms with Crippen molar-refractivity contribution in [2.24, 2.45) is 10.8 Å². The van der Waals surface area contributed by atoms with Crippen molar-refractivity contribution < 1.29 is 20.4 Å². The fourth-order valence-corrected chi connectivity index (χ4v) is 12.0. The molecule has 12 N–H and O–H groups in total. The molecule has 2 saturated heterocycles. The van der Waals surface area contributed by atoms with Crippen LogP contribution in [0.25, 0.3) is 43.9 Å². The molecular weight excluding hydrogens is 982 g/mol. The van der Waals surface area contributed by atoms with Crippen molar-refractivity contribution in [2.75, 3.05) is 30.3 Å². The molecule has 8 aromatic rings. The summed E-state index contributed by atoms with van der Waals surface area (Å²) in [6.07, 6.45) is 6.04. The minimum atomic E-state index is -0.909. The predicted octanol–water partition coefficient (Wildman–Crippen LogP) is 5.95. The number of aliphatic hydroxyl groups excluding tert-OH is 4. The van der Waals surface area contributed by atoms with Gasteiger partial charge in [-0.05, 0) is 112 Å². The molecule has 8 heterocycles. The molecule has 0 bridgehead atoms. The van der Waals surface area contributed by atoms with E-state index in [9.17, 15) is 20.4 Å². The lowest BCUT2D eigenvalue weighted by Gasteiger charge is -2.27. The average Bonchev–Trinajstić information content (AvgIpc) is 4.18. The first kappa shape index (κ1) is 45.4. The van der Waals surface area contributed by atoms with Gasteiger partial charge >= 0.3 is 0 Å².